The van der Waals surface area contributed by atoms with E-state index in [1.807, 2.05) is 13.8 Å². The van der Waals surface area contributed by atoms with Crippen LogP contribution in [0.4, 0.5) is 0 Å². The lowest BCUT2D eigenvalue weighted by molar-refractivity contribution is 0.0328. The molecule has 0 saturated carbocycles. The van der Waals surface area contributed by atoms with Gasteiger partial charge in [0.2, 0.25) is 0 Å². The quantitative estimate of drug-likeness (QED) is 0.772. The molecule has 0 aliphatic rings. The monoisotopic (exact) mass is 214 g/mol. The van der Waals surface area contributed by atoms with Crippen molar-refractivity contribution >= 4 is 17.3 Å². The lowest BCUT2D eigenvalue weighted by Crippen LogP contribution is -2.14. The Balaban J connectivity index is 2.60. The standard InChI is InChI=1S/C9H14N2O2S/c1-3-6(2)13-9(12)7-5-14-8(4-10)11-7/h5-6H,3-4,10H2,1-2H3. The van der Waals surface area contributed by atoms with Crippen LogP contribution in [0.5, 0.6) is 0 Å². The van der Waals surface area contributed by atoms with E-state index in [1.165, 1.54) is 11.3 Å². The summed E-state index contributed by atoms with van der Waals surface area (Å²) < 4.78 is 5.11. The SMILES string of the molecule is CCC(C)OC(=O)c1csc(CN)n1. The van der Waals surface area contributed by atoms with Gasteiger partial charge in [0, 0.05) is 11.9 Å². The third-order valence-corrected chi connectivity index (χ3v) is 2.69. The summed E-state index contributed by atoms with van der Waals surface area (Å²) in [5.74, 6) is -0.365. The maximum Gasteiger partial charge on any atom is 0.358 e. The van der Waals surface area contributed by atoms with E-state index in [-0.39, 0.29) is 12.1 Å². The minimum atomic E-state index is -0.365. The van der Waals surface area contributed by atoms with E-state index in [2.05, 4.69) is 4.98 Å². The van der Waals surface area contributed by atoms with Gasteiger partial charge in [-0.1, -0.05) is 6.92 Å². The summed E-state index contributed by atoms with van der Waals surface area (Å²) in [7, 11) is 0. The fraction of sp³-hybridized carbons (Fsp3) is 0.556. The number of rotatable bonds is 4. The summed E-state index contributed by atoms with van der Waals surface area (Å²) in [4.78, 5) is 15.5. The molecule has 1 atom stereocenters. The molecular weight excluding hydrogens is 200 g/mol. The van der Waals surface area contributed by atoms with Crippen molar-refractivity contribution in [3.8, 4) is 0 Å². The Hall–Kier alpha value is -0.940. The first-order valence-corrected chi connectivity index (χ1v) is 5.40. The van der Waals surface area contributed by atoms with Crippen LogP contribution in [0.3, 0.4) is 0 Å². The van der Waals surface area contributed by atoms with Gasteiger partial charge >= 0.3 is 5.97 Å². The zero-order chi connectivity index (χ0) is 10.6. The van der Waals surface area contributed by atoms with Crippen molar-refractivity contribution in [2.45, 2.75) is 32.9 Å². The largest absolute Gasteiger partial charge is 0.458 e. The molecule has 78 valence electrons. The van der Waals surface area contributed by atoms with Crippen LogP contribution >= 0.6 is 11.3 Å². The van der Waals surface area contributed by atoms with Gasteiger partial charge in [-0.2, -0.15) is 0 Å². The molecule has 1 aromatic heterocycles. The number of aromatic nitrogens is 1. The van der Waals surface area contributed by atoms with E-state index < -0.39 is 0 Å². The number of hydrogen-bond acceptors (Lipinski definition) is 5. The van der Waals surface area contributed by atoms with E-state index >= 15 is 0 Å². The van der Waals surface area contributed by atoms with Gasteiger partial charge in [-0.25, -0.2) is 9.78 Å². The second-order valence-corrected chi connectivity index (χ2v) is 3.90. The maximum absolute atomic E-state index is 11.4. The molecule has 0 spiro atoms. The van der Waals surface area contributed by atoms with Crippen molar-refractivity contribution in [1.29, 1.82) is 0 Å². The van der Waals surface area contributed by atoms with Crippen LogP contribution in [0, 0.1) is 0 Å². The Morgan fingerprint density at radius 1 is 1.79 bits per heavy atom. The minimum absolute atomic E-state index is 0.0643. The van der Waals surface area contributed by atoms with Crippen LogP contribution in [0.1, 0.15) is 35.8 Å². The number of esters is 1. The van der Waals surface area contributed by atoms with Gasteiger partial charge in [0.1, 0.15) is 5.01 Å². The molecule has 0 radical (unpaired) electrons. The molecule has 1 rings (SSSR count). The van der Waals surface area contributed by atoms with Crippen LogP contribution in [-0.4, -0.2) is 17.1 Å². The summed E-state index contributed by atoms with van der Waals surface area (Å²) in [6.07, 6.45) is 0.741. The molecule has 4 nitrogen and oxygen atoms in total. The van der Waals surface area contributed by atoms with Crippen LogP contribution in [0.15, 0.2) is 5.38 Å². The van der Waals surface area contributed by atoms with E-state index in [0.29, 0.717) is 12.2 Å². The molecule has 0 saturated heterocycles. The third-order valence-electron chi connectivity index (χ3n) is 1.82. The molecule has 5 heteroatoms. The highest BCUT2D eigenvalue weighted by molar-refractivity contribution is 7.09. The highest BCUT2D eigenvalue weighted by Gasteiger charge is 2.13. The molecule has 0 amide bonds. The molecular formula is C9H14N2O2S. The predicted octanol–water partition coefficient (Wildman–Crippen LogP) is 1.56. The molecule has 0 bridgehead atoms. The Bertz CT molecular complexity index is 312. The first kappa shape index (κ1) is 11.1. The number of carbonyl (C=O) groups is 1. The second kappa shape index (κ2) is 5.07. The molecule has 14 heavy (non-hydrogen) atoms. The zero-order valence-electron chi connectivity index (χ0n) is 8.32. The van der Waals surface area contributed by atoms with Crippen molar-refractivity contribution in [3.63, 3.8) is 0 Å². The highest BCUT2D eigenvalue weighted by atomic mass is 32.1. The van der Waals surface area contributed by atoms with Gasteiger partial charge in [-0.15, -0.1) is 11.3 Å². The number of hydrogen-bond donors (Lipinski definition) is 1. The summed E-state index contributed by atoms with van der Waals surface area (Å²) in [5.41, 5.74) is 5.74. The number of carbonyl (C=O) groups excluding carboxylic acids is 1. The maximum atomic E-state index is 11.4. The summed E-state index contributed by atoms with van der Waals surface area (Å²) in [5, 5.41) is 2.42. The molecule has 2 N–H and O–H groups in total. The molecule has 0 fully saturated rings. The third kappa shape index (κ3) is 2.78. The smallest absolute Gasteiger partial charge is 0.358 e. The first-order valence-electron chi connectivity index (χ1n) is 4.52. The fourth-order valence-electron chi connectivity index (χ4n) is 0.825. The minimum Gasteiger partial charge on any atom is -0.458 e. The van der Waals surface area contributed by atoms with Gasteiger partial charge in [-0.05, 0) is 13.3 Å². The average molecular weight is 214 g/mol. The lowest BCUT2D eigenvalue weighted by Gasteiger charge is -2.08. The first-order chi connectivity index (χ1) is 6.67. The van der Waals surface area contributed by atoms with Crippen molar-refractivity contribution in [1.82, 2.24) is 4.98 Å². The van der Waals surface area contributed by atoms with E-state index in [0.717, 1.165) is 11.4 Å². The average Bonchev–Trinajstić information content (AvgIpc) is 2.65. The van der Waals surface area contributed by atoms with Crippen molar-refractivity contribution in [3.05, 3.63) is 16.1 Å². The Morgan fingerprint density at radius 2 is 2.50 bits per heavy atom. The van der Waals surface area contributed by atoms with Gasteiger partial charge < -0.3 is 10.5 Å². The lowest BCUT2D eigenvalue weighted by atomic mass is 10.3. The summed E-state index contributed by atoms with van der Waals surface area (Å²) >= 11 is 1.38. The van der Waals surface area contributed by atoms with Crippen LogP contribution < -0.4 is 5.73 Å². The van der Waals surface area contributed by atoms with Gasteiger partial charge in [0.25, 0.3) is 0 Å². The molecule has 0 aliphatic heterocycles. The van der Waals surface area contributed by atoms with Gasteiger partial charge in [-0.3, -0.25) is 0 Å². The van der Waals surface area contributed by atoms with Crippen molar-refractivity contribution in [2.75, 3.05) is 0 Å². The Kier molecular flexibility index (Phi) is 4.03. The van der Waals surface area contributed by atoms with E-state index in [4.69, 9.17) is 10.5 Å². The summed E-state index contributed by atoms with van der Waals surface area (Å²) in [6.45, 7) is 4.18. The summed E-state index contributed by atoms with van der Waals surface area (Å²) in [6, 6.07) is 0. The molecule has 1 aromatic rings. The van der Waals surface area contributed by atoms with Crippen LogP contribution in [0.2, 0.25) is 0 Å². The zero-order valence-corrected chi connectivity index (χ0v) is 9.13. The van der Waals surface area contributed by atoms with Crippen molar-refractivity contribution < 1.29 is 9.53 Å². The Labute approximate surface area is 87.1 Å². The predicted molar refractivity (Wildman–Crippen MR) is 55.2 cm³/mol. The fourth-order valence-corrected chi connectivity index (χ4v) is 1.47. The van der Waals surface area contributed by atoms with Crippen molar-refractivity contribution in [2.24, 2.45) is 5.73 Å². The number of nitrogens with two attached hydrogens (primary N) is 1. The second-order valence-electron chi connectivity index (χ2n) is 2.95. The highest BCUT2D eigenvalue weighted by Crippen LogP contribution is 2.11. The molecule has 0 aromatic carbocycles. The molecule has 1 unspecified atom stereocenters. The van der Waals surface area contributed by atoms with Crippen LogP contribution in [-0.2, 0) is 11.3 Å². The number of thiazole rings is 1. The molecule has 0 aliphatic carbocycles. The normalized spacial score (nSPS) is 12.5. The van der Waals surface area contributed by atoms with Gasteiger partial charge in [0.05, 0.1) is 6.10 Å². The molecule has 1 heterocycles. The number of ether oxygens (including phenoxy) is 1. The topological polar surface area (TPSA) is 65.2 Å². The van der Waals surface area contributed by atoms with Crippen LogP contribution in [0.25, 0.3) is 0 Å². The van der Waals surface area contributed by atoms with E-state index in [9.17, 15) is 4.79 Å². The number of nitrogens with zero attached hydrogens (tertiary/aromatic N) is 1. The Morgan fingerprint density at radius 3 is 3.00 bits per heavy atom. The van der Waals surface area contributed by atoms with Gasteiger partial charge in [0.15, 0.2) is 5.69 Å². The van der Waals surface area contributed by atoms with E-state index in [1.54, 1.807) is 5.38 Å².